The van der Waals surface area contributed by atoms with Crippen LogP contribution in [0.5, 0.6) is 0 Å². The van der Waals surface area contributed by atoms with Crippen molar-refractivity contribution < 1.29 is 9.50 Å². The first-order valence-electron chi connectivity index (χ1n) is 4.82. The largest absolute Gasteiger partial charge is 0.384 e. The summed E-state index contributed by atoms with van der Waals surface area (Å²) in [5.41, 5.74) is 7.02. The fraction of sp³-hybridized carbons (Fsp3) is 0.182. The lowest BCUT2D eigenvalue weighted by molar-refractivity contribution is 0.215. The van der Waals surface area contributed by atoms with E-state index in [0.29, 0.717) is 5.56 Å². The van der Waals surface area contributed by atoms with Crippen molar-refractivity contribution in [2.75, 3.05) is 5.73 Å². The number of nitrogens with two attached hydrogens (primary N) is 1. The Morgan fingerprint density at radius 3 is 2.81 bits per heavy atom. The lowest BCUT2D eigenvalue weighted by Gasteiger charge is -2.11. The van der Waals surface area contributed by atoms with Gasteiger partial charge in [-0.2, -0.15) is 5.10 Å². The normalized spacial score (nSPS) is 12.7. The minimum absolute atomic E-state index is 0.202. The van der Waals surface area contributed by atoms with Crippen LogP contribution in [-0.2, 0) is 0 Å². The Hall–Kier alpha value is -1.88. The number of aromatic nitrogens is 2. The highest BCUT2D eigenvalue weighted by molar-refractivity contribution is 5.43. The number of nitrogens with one attached hydrogen (secondary N) is 1. The number of halogens is 1. The molecular weight excluding hydrogens is 209 g/mol. The number of nitrogens with zero attached hydrogens (tertiary/aromatic N) is 1. The maximum Gasteiger partial charge on any atom is 0.129 e. The zero-order valence-electron chi connectivity index (χ0n) is 8.74. The molecule has 1 aromatic heterocycles. The average Bonchev–Trinajstić information content (AvgIpc) is 2.67. The number of nitrogen functional groups attached to an aromatic ring is 1. The molecule has 1 aromatic carbocycles. The van der Waals surface area contributed by atoms with Crippen molar-refractivity contribution in [2.45, 2.75) is 13.0 Å². The van der Waals surface area contributed by atoms with Gasteiger partial charge in [0.25, 0.3) is 0 Å². The molecule has 0 radical (unpaired) electrons. The van der Waals surface area contributed by atoms with Gasteiger partial charge in [0, 0.05) is 11.1 Å². The molecule has 2 rings (SSSR count). The lowest BCUT2D eigenvalue weighted by atomic mass is 10.0. The smallest absolute Gasteiger partial charge is 0.129 e. The number of aromatic amines is 1. The predicted molar refractivity (Wildman–Crippen MR) is 58.2 cm³/mol. The molecule has 4 nitrogen and oxygen atoms in total. The van der Waals surface area contributed by atoms with Gasteiger partial charge >= 0.3 is 0 Å². The molecule has 0 aliphatic rings. The summed E-state index contributed by atoms with van der Waals surface area (Å²) in [4.78, 5) is 0. The molecule has 5 heteroatoms. The molecule has 0 amide bonds. The van der Waals surface area contributed by atoms with Crippen molar-refractivity contribution in [3.05, 3.63) is 46.9 Å². The number of aliphatic hydroxyl groups is 1. The first kappa shape index (κ1) is 10.6. The van der Waals surface area contributed by atoms with Crippen LogP contribution in [0.3, 0.4) is 0 Å². The van der Waals surface area contributed by atoms with Gasteiger partial charge in [0.1, 0.15) is 17.7 Å². The Morgan fingerprint density at radius 2 is 2.19 bits per heavy atom. The summed E-state index contributed by atoms with van der Waals surface area (Å²) >= 11 is 0. The van der Waals surface area contributed by atoms with Gasteiger partial charge in [-0.05, 0) is 13.0 Å². The van der Waals surface area contributed by atoms with Crippen LogP contribution in [0.4, 0.5) is 10.2 Å². The monoisotopic (exact) mass is 221 g/mol. The molecule has 0 saturated heterocycles. The minimum atomic E-state index is -1.10. The van der Waals surface area contributed by atoms with Crippen LogP contribution < -0.4 is 5.73 Å². The first-order chi connectivity index (χ1) is 7.59. The third kappa shape index (κ3) is 1.77. The van der Waals surface area contributed by atoms with Gasteiger partial charge in [-0.25, -0.2) is 4.39 Å². The predicted octanol–water partition coefficient (Wildman–Crippen LogP) is 1.52. The van der Waals surface area contributed by atoms with Crippen molar-refractivity contribution >= 4 is 5.82 Å². The molecule has 0 spiro atoms. The highest BCUT2D eigenvalue weighted by Gasteiger charge is 2.18. The molecule has 1 atom stereocenters. The van der Waals surface area contributed by atoms with Gasteiger partial charge in [0.15, 0.2) is 0 Å². The second-order valence-electron chi connectivity index (χ2n) is 3.67. The standard InChI is InChI=1S/C11H12FN3O/c1-6-2-3-9(12)7(4-6)10(16)8-5-14-15-11(8)13/h2-5,10,16H,1H3,(H3,13,14,15). The van der Waals surface area contributed by atoms with E-state index in [9.17, 15) is 9.50 Å². The van der Waals surface area contributed by atoms with Crippen LogP contribution in [0.1, 0.15) is 22.8 Å². The Morgan fingerprint density at radius 1 is 1.44 bits per heavy atom. The zero-order chi connectivity index (χ0) is 11.7. The summed E-state index contributed by atoms with van der Waals surface area (Å²) in [7, 11) is 0. The van der Waals surface area contributed by atoms with Crippen LogP contribution >= 0.6 is 0 Å². The lowest BCUT2D eigenvalue weighted by Crippen LogP contribution is -2.04. The molecule has 4 N–H and O–H groups in total. The Bertz CT molecular complexity index is 510. The van der Waals surface area contributed by atoms with E-state index in [1.807, 2.05) is 6.92 Å². The molecule has 1 unspecified atom stereocenters. The topological polar surface area (TPSA) is 74.9 Å². The van der Waals surface area contributed by atoms with Gasteiger partial charge in [-0.1, -0.05) is 17.7 Å². The van der Waals surface area contributed by atoms with E-state index < -0.39 is 11.9 Å². The van der Waals surface area contributed by atoms with Crippen LogP contribution in [0, 0.1) is 12.7 Å². The van der Waals surface area contributed by atoms with Gasteiger partial charge in [0.2, 0.25) is 0 Å². The van der Waals surface area contributed by atoms with Crippen molar-refractivity contribution in [1.29, 1.82) is 0 Å². The number of aliphatic hydroxyl groups excluding tert-OH is 1. The number of rotatable bonds is 2. The maximum atomic E-state index is 13.5. The molecule has 1 heterocycles. The summed E-state index contributed by atoms with van der Waals surface area (Å²) in [5.74, 6) is -0.216. The molecule has 0 fully saturated rings. The van der Waals surface area contributed by atoms with E-state index >= 15 is 0 Å². The fourth-order valence-corrected chi connectivity index (χ4v) is 1.56. The Kier molecular flexibility index (Phi) is 2.62. The average molecular weight is 221 g/mol. The summed E-state index contributed by atoms with van der Waals surface area (Å²) in [6.07, 6.45) is 0.292. The number of anilines is 1. The molecule has 0 saturated carbocycles. The summed E-state index contributed by atoms with van der Waals surface area (Å²) in [6.45, 7) is 1.83. The highest BCUT2D eigenvalue weighted by Crippen LogP contribution is 2.27. The number of benzene rings is 1. The van der Waals surface area contributed by atoms with E-state index in [1.54, 1.807) is 12.1 Å². The van der Waals surface area contributed by atoms with E-state index in [-0.39, 0.29) is 11.4 Å². The first-order valence-corrected chi connectivity index (χ1v) is 4.82. The molecule has 16 heavy (non-hydrogen) atoms. The molecule has 0 bridgehead atoms. The van der Waals surface area contributed by atoms with Crippen molar-refractivity contribution in [3.63, 3.8) is 0 Å². The molecule has 84 valence electrons. The van der Waals surface area contributed by atoms with E-state index in [2.05, 4.69) is 10.2 Å². The van der Waals surface area contributed by atoms with Crippen LogP contribution in [0.2, 0.25) is 0 Å². The number of H-pyrrole nitrogens is 1. The molecular formula is C11H12FN3O. The van der Waals surface area contributed by atoms with Crippen LogP contribution in [0.25, 0.3) is 0 Å². The van der Waals surface area contributed by atoms with Crippen molar-refractivity contribution in [1.82, 2.24) is 10.2 Å². The second-order valence-corrected chi connectivity index (χ2v) is 3.67. The second kappa shape index (κ2) is 3.94. The number of hydrogen-bond acceptors (Lipinski definition) is 3. The quantitative estimate of drug-likeness (QED) is 0.719. The molecule has 0 aliphatic heterocycles. The van der Waals surface area contributed by atoms with E-state index in [0.717, 1.165) is 5.56 Å². The summed E-state index contributed by atoms with van der Waals surface area (Å²) in [5, 5.41) is 16.2. The minimum Gasteiger partial charge on any atom is -0.384 e. The SMILES string of the molecule is Cc1ccc(F)c(C(O)c2cn[nH]c2N)c1. The highest BCUT2D eigenvalue weighted by atomic mass is 19.1. The van der Waals surface area contributed by atoms with Gasteiger partial charge in [-0.3, -0.25) is 5.10 Å². The summed E-state index contributed by atoms with van der Waals surface area (Å²) < 4.78 is 13.5. The number of aryl methyl sites for hydroxylation is 1. The van der Waals surface area contributed by atoms with Gasteiger partial charge in [-0.15, -0.1) is 0 Å². The van der Waals surface area contributed by atoms with Gasteiger partial charge < -0.3 is 10.8 Å². The Labute approximate surface area is 91.9 Å². The molecule has 0 aliphatic carbocycles. The van der Waals surface area contributed by atoms with E-state index in [4.69, 9.17) is 5.73 Å². The zero-order valence-corrected chi connectivity index (χ0v) is 8.74. The van der Waals surface area contributed by atoms with Crippen LogP contribution in [-0.4, -0.2) is 15.3 Å². The third-order valence-electron chi connectivity index (χ3n) is 2.44. The van der Waals surface area contributed by atoms with Gasteiger partial charge in [0.05, 0.1) is 6.20 Å². The van der Waals surface area contributed by atoms with Crippen molar-refractivity contribution in [3.8, 4) is 0 Å². The Balaban J connectivity index is 2.45. The number of hydrogen-bond donors (Lipinski definition) is 3. The van der Waals surface area contributed by atoms with E-state index in [1.165, 1.54) is 12.3 Å². The maximum absolute atomic E-state index is 13.5. The third-order valence-corrected chi connectivity index (χ3v) is 2.44. The molecule has 2 aromatic rings. The summed E-state index contributed by atoms with van der Waals surface area (Å²) in [6, 6.07) is 4.56. The van der Waals surface area contributed by atoms with Crippen LogP contribution in [0.15, 0.2) is 24.4 Å². The fourth-order valence-electron chi connectivity index (χ4n) is 1.56. The van der Waals surface area contributed by atoms with Crippen molar-refractivity contribution in [2.24, 2.45) is 0 Å².